The monoisotopic (exact) mass is 244 g/mol. The van der Waals surface area contributed by atoms with Gasteiger partial charge in [-0.05, 0) is 34.5 Å². The van der Waals surface area contributed by atoms with Crippen LogP contribution in [0.15, 0.2) is 22.8 Å². The van der Waals surface area contributed by atoms with Gasteiger partial charge in [0.1, 0.15) is 5.82 Å². The summed E-state index contributed by atoms with van der Waals surface area (Å²) in [5.74, 6) is 0.781. The molecule has 3 nitrogen and oxygen atoms in total. The van der Waals surface area contributed by atoms with Crippen LogP contribution in [0.5, 0.6) is 0 Å². The molecule has 0 spiro atoms. The topological polar surface area (TPSA) is 45.1 Å². The first-order chi connectivity index (χ1) is 6.27. The van der Waals surface area contributed by atoms with Crippen molar-refractivity contribution in [1.82, 2.24) is 4.98 Å². The molecule has 2 N–H and O–H groups in total. The Morgan fingerprint density at radius 1 is 1.69 bits per heavy atom. The van der Waals surface area contributed by atoms with E-state index in [1.54, 1.807) is 6.20 Å². The molecule has 0 amide bonds. The third-order valence-corrected chi connectivity index (χ3v) is 2.45. The highest BCUT2D eigenvalue weighted by Crippen LogP contribution is 2.19. The lowest BCUT2D eigenvalue weighted by Crippen LogP contribution is -2.23. The summed E-state index contributed by atoms with van der Waals surface area (Å²) in [6, 6.07) is 3.85. The lowest BCUT2D eigenvalue weighted by atomic mass is 10.2. The van der Waals surface area contributed by atoms with Gasteiger partial charge in [0, 0.05) is 6.20 Å². The molecule has 13 heavy (non-hydrogen) atoms. The van der Waals surface area contributed by atoms with E-state index in [1.807, 2.05) is 19.1 Å². The Bertz CT molecular complexity index is 264. The van der Waals surface area contributed by atoms with Gasteiger partial charge in [-0.2, -0.15) is 0 Å². The summed E-state index contributed by atoms with van der Waals surface area (Å²) in [6.45, 7) is 2.14. The molecule has 0 radical (unpaired) electrons. The van der Waals surface area contributed by atoms with Gasteiger partial charge in [0.15, 0.2) is 0 Å². The molecule has 0 fully saturated rings. The Kier molecular flexibility index (Phi) is 4.18. The molecule has 1 aromatic rings. The molecule has 1 aromatic heterocycles. The predicted molar refractivity (Wildman–Crippen MR) is 56.7 cm³/mol. The minimum absolute atomic E-state index is 0.0752. The van der Waals surface area contributed by atoms with Crippen molar-refractivity contribution >= 4 is 21.7 Å². The second kappa shape index (κ2) is 5.19. The Morgan fingerprint density at radius 3 is 3.00 bits per heavy atom. The summed E-state index contributed by atoms with van der Waals surface area (Å²) in [7, 11) is 0. The molecule has 72 valence electrons. The van der Waals surface area contributed by atoms with E-state index in [2.05, 4.69) is 26.2 Å². The zero-order valence-electron chi connectivity index (χ0n) is 7.50. The number of aliphatic hydroxyl groups is 1. The fourth-order valence-corrected chi connectivity index (χ4v) is 1.33. The molecule has 0 saturated heterocycles. The number of aromatic nitrogens is 1. The van der Waals surface area contributed by atoms with E-state index in [4.69, 9.17) is 5.11 Å². The Morgan fingerprint density at radius 2 is 2.46 bits per heavy atom. The van der Waals surface area contributed by atoms with Gasteiger partial charge in [0.2, 0.25) is 0 Å². The van der Waals surface area contributed by atoms with Crippen LogP contribution in [0.4, 0.5) is 5.82 Å². The summed E-state index contributed by atoms with van der Waals surface area (Å²) < 4.78 is 0.918. The van der Waals surface area contributed by atoms with Crippen LogP contribution < -0.4 is 5.32 Å². The second-order valence-corrected chi connectivity index (χ2v) is 3.62. The van der Waals surface area contributed by atoms with E-state index in [1.165, 1.54) is 0 Å². The fourth-order valence-electron chi connectivity index (χ4n) is 0.962. The van der Waals surface area contributed by atoms with E-state index < -0.39 is 0 Å². The Hall–Kier alpha value is -0.610. The van der Waals surface area contributed by atoms with Crippen molar-refractivity contribution < 1.29 is 5.11 Å². The molecule has 0 aromatic carbocycles. The number of nitrogens with zero attached hydrogens (tertiary/aromatic N) is 1. The number of hydrogen-bond donors (Lipinski definition) is 2. The van der Waals surface area contributed by atoms with Crippen molar-refractivity contribution in [3.8, 4) is 0 Å². The summed E-state index contributed by atoms with van der Waals surface area (Å²) >= 11 is 3.38. The van der Waals surface area contributed by atoms with Crippen LogP contribution in [0, 0.1) is 0 Å². The normalized spacial score (nSPS) is 12.5. The highest BCUT2D eigenvalue weighted by atomic mass is 79.9. The average Bonchev–Trinajstić information content (AvgIpc) is 2.17. The highest BCUT2D eigenvalue weighted by Gasteiger charge is 2.06. The van der Waals surface area contributed by atoms with Crippen molar-refractivity contribution in [3.05, 3.63) is 22.8 Å². The number of halogens is 1. The van der Waals surface area contributed by atoms with Gasteiger partial charge < -0.3 is 10.4 Å². The smallest absolute Gasteiger partial charge is 0.140 e. The molecule has 0 aliphatic carbocycles. The van der Waals surface area contributed by atoms with Gasteiger partial charge in [-0.25, -0.2) is 4.98 Å². The molecule has 4 heteroatoms. The van der Waals surface area contributed by atoms with Gasteiger partial charge >= 0.3 is 0 Å². The van der Waals surface area contributed by atoms with Crippen LogP contribution in [-0.4, -0.2) is 22.7 Å². The summed E-state index contributed by atoms with van der Waals surface area (Å²) in [5.41, 5.74) is 0. The lowest BCUT2D eigenvalue weighted by molar-refractivity contribution is 0.271. The first-order valence-electron chi connectivity index (χ1n) is 4.25. The van der Waals surface area contributed by atoms with E-state index in [9.17, 15) is 0 Å². The number of anilines is 1. The summed E-state index contributed by atoms with van der Waals surface area (Å²) in [5, 5.41) is 12.1. The first kappa shape index (κ1) is 10.5. The molecule has 0 aliphatic heterocycles. The maximum absolute atomic E-state index is 8.97. The van der Waals surface area contributed by atoms with E-state index in [-0.39, 0.29) is 12.6 Å². The van der Waals surface area contributed by atoms with Crippen LogP contribution in [0.3, 0.4) is 0 Å². The van der Waals surface area contributed by atoms with Gasteiger partial charge in [-0.3, -0.25) is 0 Å². The number of aliphatic hydroxyl groups excluding tert-OH is 1. The molecule has 0 saturated carbocycles. The minimum atomic E-state index is 0.0752. The first-order valence-corrected chi connectivity index (χ1v) is 5.05. The van der Waals surface area contributed by atoms with Crippen molar-refractivity contribution in [2.45, 2.75) is 19.4 Å². The van der Waals surface area contributed by atoms with Crippen molar-refractivity contribution in [3.63, 3.8) is 0 Å². The van der Waals surface area contributed by atoms with Crippen LogP contribution >= 0.6 is 15.9 Å². The molecular formula is C9H13BrN2O. The third kappa shape index (κ3) is 2.97. The second-order valence-electron chi connectivity index (χ2n) is 2.77. The number of rotatable bonds is 4. The maximum Gasteiger partial charge on any atom is 0.140 e. The van der Waals surface area contributed by atoms with Crippen LogP contribution in [-0.2, 0) is 0 Å². The van der Waals surface area contributed by atoms with E-state index >= 15 is 0 Å². The quantitative estimate of drug-likeness (QED) is 0.853. The average molecular weight is 245 g/mol. The zero-order valence-corrected chi connectivity index (χ0v) is 9.08. The SMILES string of the molecule is CC[C@H](CO)Nc1ncccc1Br. The lowest BCUT2D eigenvalue weighted by Gasteiger charge is -2.15. The number of pyridine rings is 1. The predicted octanol–water partition coefficient (Wildman–Crippen LogP) is 2.03. The summed E-state index contributed by atoms with van der Waals surface area (Å²) in [4.78, 5) is 4.14. The molecular weight excluding hydrogens is 232 g/mol. The standard InChI is InChI=1S/C9H13BrN2O/c1-2-7(6-13)12-9-8(10)4-3-5-11-9/h3-5,7,13H,2,6H2,1H3,(H,11,12)/t7-/m1/s1. The van der Waals surface area contributed by atoms with Crippen molar-refractivity contribution in [2.75, 3.05) is 11.9 Å². The summed E-state index contributed by atoms with van der Waals surface area (Å²) in [6.07, 6.45) is 2.59. The largest absolute Gasteiger partial charge is 0.394 e. The Labute approximate surface area is 86.3 Å². The number of nitrogens with one attached hydrogen (secondary N) is 1. The van der Waals surface area contributed by atoms with E-state index in [0.717, 1.165) is 16.7 Å². The van der Waals surface area contributed by atoms with Crippen LogP contribution in [0.1, 0.15) is 13.3 Å². The maximum atomic E-state index is 8.97. The van der Waals surface area contributed by atoms with Crippen LogP contribution in [0.2, 0.25) is 0 Å². The molecule has 1 heterocycles. The molecule has 0 unspecified atom stereocenters. The van der Waals surface area contributed by atoms with Gasteiger partial charge in [-0.1, -0.05) is 6.92 Å². The fraction of sp³-hybridized carbons (Fsp3) is 0.444. The van der Waals surface area contributed by atoms with Crippen molar-refractivity contribution in [2.24, 2.45) is 0 Å². The molecule has 1 rings (SSSR count). The zero-order chi connectivity index (χ0) is 9.68. The number of hydrogen-bond acceptors (Lipinski definition) is 3. The molecule has 0 bridgehead atoms. The highest BCUT2D eigenvalue weighted by molar-refractivity contribution is 9.10. The van der Waals surface area contributed by atoms with Gasteiger partial charge in [0.25, 0.3) is 0 Å². The molecule has 1 atom stereocenters. The molecule has 0 aliphatic rings. The van der Waals surface area contributed by atoms with E-state index in [0.29, 0.717) is 0 Å². The minimum Gasteiger partial charge on any atom is -0.394 e. The Balaban J connectivity index is 2.67. The van der Waals surface area contributed by atoms with Gasteiger partial charge in [-0.15, -0.1) is 0 Å². The van der Waals surface area contributed by atoms with Crippen LogP contribution in [0.25, 0.3) is 0 Å². The third-order valence-electron chi connectivity index (χ3n) is 1.81. The van der Waals surface area contributed by atoms with Crippen molar-refractivity contribution in [1.29, 1.82) is 0 Å². The van der Waals surface area contributed by atoms with Gasteiger partial charge in [0.05, 0.1) is 17.1 Å².